The molecule has 0 aliphatic carbocycles. The van der Waals surface area contributed by atoms with Crippen LogP contribution in [0.3, 0.4) is 0 Å². The lowest BCUT2D eigenvalue weighted by atomic mass is 10.2. The maximum Gasteiger partial charge on any atom is 0.411 e. The van der Waals surface area contributed by atoms with Crippen LogP contribution in [-0.4, -0.2) is 46.3 Å². The number of ether oxygens (including phenoxy) is 1. The number of hydrogen-bond acceptors (Lipinski definition) is 4. The van der Waals surface area contributed by atoms with Crippen molar-refractivity contribution in [3.8, 4) is 0 Å². The molecule has 1 heterocycles. The van der Waals surface area contributed by atoms with Gasteiger partial charge in [0, 0.05) is 6.42 Å². The molecule has 0 spiro atoms. The van der Waals surface area contributed by atoms with Crippen molar-refractivity contribution in [2.45, 2.75) is 44.9 Å². The van der Waals surface area contributed by atoms with Gasteiger partial charge in [-0.1, -0.05) is 0 Å². The second-order valence-corrected chi connectivity index (χ2v) is 4.94. The molecule has 6 nitrogen and oxygen atoms in total. The highest BCUT2D eigenvalue weighted by Gasteiger charge is 2.39. The van der Waals surface area contributed by atoms with Crippen molar-refractivity contribution in [2.24, 2.45) is 5.73 Å². The van der Waals surface area contributed by atoms with Crippen LogP contribution in [0.25, 0.3) is 0 Å². The SMILES string of the molecule is CC(C)(C)OC(=O)N1C[C@@H](O)CC1C(N)=O. The van der Waals surface area contributed by atoms with Crippen LogP contribution in [0.4, 0.5) is 4.79 Å². The fourth-order valence-electron chi connectivity index (χ4n) is 1.61. The van der Waals surface area contributed by atoms with Gasteiger partial charge < -0.3 is 15.6 Å². The number of carbonyl (C=O) groups is 2. The van der Waals surface area contributed by atoms with Gasteiger partial charge in [-0.05, 0) is 20.8 Å². The minimum Gasteiger partial charge on any atom is -0.444 e. The maximum absolute atomic E-state index is 11.7. The van der Waals surface area contributed by atoms with Crippen LogP contribution in [0.2, 0.25) is 0 Å². The smallest absolute Gasteiger partial charge is 0.411 e. The van der Waals surface area contributed by atoms with E-state index in [0.717, 1.165) is 0 Å². The Bertz CT molecular complexity index is 298. The molecule has 1 rings (SSSR count). The van der Waals surface area contributed by atoms with Gasteiger partial charge in [0.05, 0.1) is 12.6 Å². The van der Waals surface area contributed by atoms with Gasteiger partial charge >= 0.3 is 6.09 Å². The van der Waals surface area contributed by atoms with Gasteiger partial charge in [0.15, 0.2) is 0 Å². The third kappa shape index (κ3) is 3.10. The molecule has 92 valence electrons. The predicted octanol–water partition coefficient (Wildman–Crippen LogP) is -0.158. The van der Waals surface area contributed by atoms with Crippen LogP contribution in [0.1, 0.15) is 27.2 Å². The number of β-amino-alcohol motifs (C(OH)–C–C–N with tert-alkyl or cyclic N) is 1. The minimum absolute atomic E-state index is 0.0858. The molecule has 1 unspecified atom stereocenters. The van der Waals surface area contributed by atoms with Crippen molar-refractivity contribution in [3.63, 3.8) is 0 Å². The van der Waals surface area contributed by atoms with Crippen molar-refractivity contribution in [1.29, 1.82) is 0 Å². The molecule has 1 aliphatic heterocycles. The molecule has 0 aromatic carbocycles. The molecule has 1 fully saturated rings. The Hall–Kier alpha value is -1.30. The molecule has 2 amide bonds. The highest BCUT2D eigenvalue weighted by Crippen LogP contribution is 2.20. The molecular weight excluding hydrogens is 212 g/mol. The maximum atomic E-state index is 11.7. The summed E-state index contributed by atoms with van der Waals surface area (Å²) >= 11 is 0. The average molecular weight is 230 g/mol. The molecule has 0 saturated carbocycles. The summed E-state index contributed by atoms with van der Waals surface area (Å²) in [6.07, 6.45) is -1.16. The average Bonchev–Trinajstić information content (AvgIpc) is 2.44. The van der Waals surface area contributed by atoms with Crippen molar-refractivity contribution in [1.82, 2.24) is 4.90 Å². The van der Waals surface area contributed by atoms with Gasteiger partial charge in [-0.2, -0.15) is 0 Å². The van der Waals surface area contributed by atoms with Gasteiger partial charge in [0.25, 0.3) is 0 Å². The van der Waals surface area contributed by atoms with Crippen LogP contribution < -0.4 is 5.73 Å². The Morgan fingerprint density at radius 2 is 2.00 bits per heavy atom. The van der Waals surface area contributed by atoms with Gasteiger partial charge in [-0.25, -0.2) is 4.79 Å². The van der Waals surface area contributed by atoms with Crippen molar-refractivity contribution in [2.75, 3.05) is 6.54 Å². The second-order valence-electron chi connectivity index (χ2n) is 4.94. The summed E-state index contributed by atoms with van der Waals surface area (Å²) in [6.45, 7) is 5.28. The summed E-state index contributed by atoms with van der Waals surface area (Å²) < 4.78 is 5.12. The first-order valence-corrected chi connectivity index (χ1v) is 5.17. The lowest BCUT2D eigenvalue weighted by Crippen LogP contribution is -2.45. The Kier molecular flexibility index (Phi) is 3.42. The summed E-state index contributed by atoms with van der Waals surface area (Å²) in [5, 5.41) is 9.41. The van der Waals surface area contributed by atoms with E-state index in [1.807, 2.05) is 0 Å². The molecule has 16 heavy (non-hydrogen) atoms. The number of nitrogens with zero attached hydrogens (tertiary/aromatic N) is 1. The van der Waals surface area contributed by atoms with E-state index >= 15 is 0 Å². The normalized spacial score (nSPS) is 25.6. The van der Waals surface area contributed by atoms with E-state index in [-0.39, 0.29) is 13.0 Å². The van der Waals surface area contributed by atoms with E-state index in [4.69, 9.17) is 10.5 Å². The summed E-state index contributed by atoms with van der Waals surface area (Å²) in [4.78, 5) is 24.0. The number of aliphatic hydroxyl groups is 1. The van der Waals surface area contributed by atoms with Crippen LogP contribution in [0.5, 0.6) is 0 Å². The van der Waals surface area contributed by atoms with Gasteiger partial charge in [0.2, 0.25) is 5.91 Å². The fraction of sp³-hybridized carbons (Fsp3) is 0.800. The molecular formula is C10H18N2O4. The van der Waals surface area contributed by atoms with Crippen LogP contribution in [0, 0.1) is 0 Å². The molecule has 3 N–H and O–H groups in total. The summed E-state index contributed by atoms with van der Waals surface area (Å²) in [5.41, 5.74) is 4.52. The van der Waals surface area contributed by atoms with E-state index in [1.165, 1.54) is 4.90 Å². The second kappa shape index (κ2) is 4.29. The Balaban J connectivity index is 2.71. The van der Waals surface area contributed by atoms with E-state index in [0.29, 0.717) is 0 Å². The third-order valence-corrected chi connectivity index (χ3v) is 2.24. The number of rotatable bonds is 1. The molecule has 0 aromatic heterocycles. The topological polar surface area (TPSA) is 92.9 Å². The number of aliphatic hydroxyl groups excluding tert-OH is 1. The number of carbonyl (C=O) groups excluding carboxylic acids is 2. The monoisotopic (exact) mass is 230 g/mol. The van der Waals surface area contributed by atoms with Crippen LogP contribution >= 0.6 is 0 Å². The highest BCUT2D eigenvalue weighted by molar-refractivity contribution is 5.85. The van der Waals surface area contributed by atoms with Crippen LogP contribution in [0.15, 0.2) is 0 Å². The van der Waals surface area contributed by atoms with E-state index in [2.05, 4.69) is 0 Å². The molecule has 1 aliphatic rings. The van der Waals surface area contributed by atoms with Crippen molar-refractivity contribution < 1.29 is 19.4 Å². The first-order valence-electron chi connectivity index (χ1n) is 5.17. The third-order valence-electron chi connectivity index (χ3n) is 2.24. The quantitative estimate of drug-likeness (QED) is 0.654. The Morgan fingerprint density at radius 1 is 1.44 bits per heavy atom. The molecule has 1 saturated heterocycles. The van der Waals surface area contributed by atoms with E-state index in [9.17, 15) is 14.7 Å². The number of likely N-dealkylation sites (tertiary alicyclic amines) is 1. The predicted molar refractivity (Wildman–Crippen MR) is 56.5 cm³/mol. The first-order chi connectivity index (χ1) is 7.20. The number of primary amides is 1. The molecule has 2 atom stereocenters. The zero-order chi connectivity index (χ0) is 12.5. The highest BCUT2D eigenvalue weighted by atomic mass is 16.6. The summed E-state index contributed by atoms with van der Waals surface area (Å²) in [7, 11) is 0. The summed E-state index contributed by atoms with van der Waals surface area (Å²) in [6, 6.07) is -0.773. The lowest BCUT2D eigenvalue weighted by Gasteiger charge is -2.26. The zero-order valence-corrected chi connectivity index (χ0v) is 9.77. The zero-order valence-electron chi connectivity index (χ0n) is 9.77. The molecule has 0 bridgehead atoms. The van der Waals surface area contributed by atoms with Crippen molar-refractivity contribution >= 4 is 12.0 Å². The van der Waals surface area contributed by atoms with Crippen molar-refractivity contribution in [3.05, 3.63) is 0 Å². The number of nitrogens with two attached hydrogens (primary N) is 1. The molecule has 0 radical (unpaired) electrons. The fourth-order valence-corrected chi connectivity index (χ4v) is 1.61. The minimum atomic E-state index is -0.773. The number of amides is 2. The van der Waals surface area contributed by atoms with Gasteiger partial charge in [0.1, 0.15) is 11.6 Å². The summed E-state index contributed by atoms with van der Waals surface area (Å²) in [5.74, 6) is -0.623. The molecule has 6 heteroatoms. The molecule has 0 aromatic rings. The lowest BCUT2D eigenvalue weighted by molar-refractivity contribution is -0.122. The Labute approximate surface area is 94.3 Å². The Morgan fingerprint density at radius 3 is 2.44 bits per heavy atom. The number of hydrogen-bond donors (Lipinski definition) is 2. The largest absolute Gasteiger partial charge is 0.444 e. The van der Waals surface area contributed by atoms with Crippen LogP contribution in [-0.2, 0) is 9.53 Å². The van der Waals surface area contributed by atoms with E-state index < -0.39 is 29.7 Å². The first kappa shape index (κ1) is 12.8. The van der Waals surface area contributed by atoms with Gasteiger partial charge in [-0.15, -0.1) is 0 Å². The van der Waals surface area contributed by atoms with E-state index in [1.54, 1.807) is 20.8 Å². The van der Waals surface area contributed by atoms with Gasteiger partial charge in [-0.3, -0.25) is 9.69 Å². The standard InChI is InChI=1S/C10H18N2O4/c1-10(2,3)16-9(15)12-5-6(13)4-7(12)8(11)14/h6-7,13H,4-5H2,1-3H3,(H2,11,14)/t6-,7?/m0/s1.